The molecule has 1 saturated heterocycles. The van der Waals surface area contributed by atoms with Crippen molar-refractivity contribution in [1.29, 1.82) is 0 Å². The summed E-state index contributed by atoms with van der Waals surface area (Å²) in [6, 6.07) is 0. The highest BCUT2D eigenvalue weighted by Gasteiger charge is 2.30. The van der Waals surface area contributed by atoms with Crippen molar-refractivity contribution in [1.82, 2.24) is 9.97 Å². The molecule has 1 unspecified atom stereocenters. The zero-order valence-electron chi connectivity index (χ0n) is 9.08. The van der Waals surface area contributed by atoms with E-state index in [4.69, 9.17) is 10.5 Å². The van der Waals surface area contributed by atoms with E-state index in [1.807, 2.05) is 6.92 Å². The second-order valence-corrected chi connectivity index (χ2v) is 4.25. The van der Waals surface area contributed by atoms with Crippen LogP contribution in [0.2, 0.25) is 0 Å². The third kappa shape index (κ3) is 2.18. The lowest BCUT2D eigenvalue weighted by molar-refractivity contribution is 0.185. The Labute approximate surface area is 89.1 Å². The molecule has 3 N–H and O–H groups in total. The lowest BCUT2D eigenvalue weighted by Gasteiger charge is -2.25. The normalized spacial score (nSPS) is 25.5. The molecular formula is C10H16N4O. The van der Waals surface area contributed by atoms with Crippen molar-refractivity contribution in [3.05, 3.63) is 11.8 Å². The molecule has 0 aromatic carbocycles. The van der Waals surface area contributed by atoms with Crippen LogP contribution in [-0.2, 0) is 4.74 Å². The van der Waals surface area contributed by atoms with E-state index in [-0.39, 0.29) is 5.54 Å². The molecule has 0 saturated carbocycles. The first-order valence-electron chi connectivity index (χ1n) is 5.04. The number of nitrogen functional groups attached to an aromatic ring is 1. The van der Waals surface area contributed by atoms with Gasteiger partial charge in [-0.1, -0.05) is 0 Å². The SMILES string of the molecule is Cc1cnc(N)nc1NC1(C)CCOC1. The monoisotopic (exact) mass is 208 g/mol. The van der Waals surface area contributed by atoms with E-state index in [9.17, 15) is 0 Å². The van der Waals surface area contributed by atoms with Crippen molar-refractivity contribution in [2.75, 3.05) is 24.3 Å². The first-order chi connectivity index (χ1) is 7.09. The molecule has 2 rings (SSSR count). The van der Waals surface area contributed by atoms with Gasteiger partial charge in [-0.15, -0.1) is 0 Å². The Kier molecular flexibility index (Phi) is 2.48. The van der Waals surface area contributed by atoms with Gasteiger partial charge in [0.25, 0.3) is 0 Å². The van der Waals surface area contributed by atoms with E-state index >= 15 is 0 Å². The van der Waals surface area contributed by atoms with Crippen LogP contribution in [0.4, 0.5) is 11.8 Å². The highest BCUT2D eigenvalue weighted by Crippen LogP contribution is 2.24. The summed E-state index contributed by atoms with van der Waals surface area (Å²) in [7, 11) is 0. The number of nitrogens with zero attached hydrogens (tertiary/aromatic N) is 2. The smallest absolute Gasteiger partial charge is 0.221 e. The van der Waals surface area contributed by atoms with Crippen molar-refractivity contribution < 1.29 is 4.74 Å². The quantitative estimate of drug-likeness (QED) is 0.757. The molecule has 1 aliphatic heterocycles. The molecule has 0 aliphatic carbocycles. The Morgan fingerprint density at radius 2 is 2.40 bits per heavy atom. The number of aromatic nitrogens is 2. The first kappa shape index (κ1) is 10.2. The zero-order valence-corrected chi connectivity index (χ0v) is 9.08. The van der Waals surface area contributed by atoms with Gasteiger partial charge in [-0.2, -0.15) is 4.98 Å². The predicted molar refractivity (Wildman–Crippen MR) is 58.6 cm³/mol. The fourth-order valence-electron chi connectivity index (χ4n) is 1.63. The van der Waals surface area contributed by atoms with Crippen LogP contribution in [-0.4, -0.2) is 28.7 Å². The zero-order chi connectivity index (χ0) is 10.9. The van der Waals surface area contributed by atoms with E-state index in [2.05, 4.69) is 22.2 Å². The molecule has 1 fully saturated rings. The maximum atomic E-state index is 5.55. The summed E-state index contributed by atoms with van der Waals surface area (Å²) >= 11 is 0. The van der Waals surface area contributed by atoms with Gasteiger partial charge in [-0.3, -0.25) is 0 Å². The summed E-state index contributed by atoms with van der Waals surface area (Å²) < 4.78 is 5.37. The summed E-state index contributed by atoms with van der Waals surface area (Å²) in [5, 5.41) is 3.37. The summed E-state index contributed by atoms with van der Waals surface area (Å²) in [4.78, 5) is 8.11. The lowest BCUT2D eigenvalue weighted by Crippen LogP contribution is -2.35. The fourth-order valence-corrected chi connectivity index (χ4v) is 1.63. The van der Waals surface area contributed by atoms with Gasteiger partial charge < -0.3 is 15.8 Å². The van der Waals surface area contributed by atoms with E-state index in [0.29, 0.717) is 12.6 Å². The average molecular weight is 208 g/mol. The van der Waals surface area contributed by atoms with E-state index in [1.54, 1.807) is 6.20 Å². The molecule has 1 aliphatic rings. The van der Waals surface area contributed by atoms with Gasteiger partial charge in [-0.05, 0) is 20.3 Å². The highest BCUT2D eigenvalue weighted by molar-refractivity contribution is 5.47. The Hall–Kier alpha value is -1.36. The Bertz CT molecular complexity index is 360. The Morgan fingerprint density at radius 1 is 1.60 bits per heavy atom. The summed E-state index contributed by atoms with van der Waals surface area (Å²) in [6.45, 7) is 5.58. The van der Waals surface area contributed by atoms with Crippen LogP contribution in [0.25, 0.3) is 0 Å². The van der Waals surface area contributed by atoms with Crippen LogP contribution < -0.4 is 11.1 Å². The van der Waals surface area contributed by atoms with Gasteiger partial charge in [0.05, 0.1) is 12.1 Å². The molecule has 0 radical (unpaired) electrons. The fraction of sp³-hybridized carbons (Fsp3) is 0.600. The second kappa shape index (κ2) is 3.66. The van der Waals surface area contributed by atoms with E-state index in [1.165, 1.54) is 0 Å². The van der Waals surface area contributed by atoms with Gasteiger partial charge in [-0.25, -0.2) is 4.98 Å². The maximum Gasteiger partial charge on any atom is 0.221 e. The lowest BCUT2D eigenvalue weighted by atomic mass is 10.0. The second-order valence-electron chi connectivity index (χ2n) is 4.25. The summed E-state index contributed by atoms with van der Waals surface area (Å²) in [6.07, 6.45) is 2.71. The molecule has 1 atom stereocenters. The van der Waals surface area contributed by atoms with Crippen LogP contribution in [0.3, 0.4) is 0 Å². The van der Waals surface area contributed by atoms with Crippen molar-refractivity contribution in [2.24, 2.45) is 0 Å². The molecule has 1 aromatic rings. The van der Waals surface area contributed by atoms with Gasteiger partial charge in [0.15, 0.2) is 0 Å². The third-order valence-corrected chi connectivity index (χ3v) is 2.63. The number of hydrogen-bond donors (Lipinski definition) is 2. The largest absolute Gasteiger partial charge is 0.379 e. The number of hydrogen-bond acceptors (Lipinski definition) is 5. The minimum Gasteiger partial charge on any atom is -0.379 e. The van der Waals surface area contributed by atoms with Crippen LogP contribution in [0, 0.1) is 6.92 Å². The van der Waals surface area contributed by atoms with Gasteiger partial charge in [0, 0.05) is 18.4 Å². The van der Waals surface area contributed by atoms with E-state index in [0.717, 1.165) is 24.4 Å². The molecule has 2 heterocycles. The molecule has 0 amide bonds. The molecule has 82 valence electrons. The van der Waals surface area contributed by atoms with Crippen molar-refractivity contribution in [2.45, 2.75) is 25.8 Å². The van der Waals surface area contributed by atoms with Crippen LogP contribution in [0.1, 0.15) is 18.9 Å². The highest BCUT2D eigenvalue weighted by atomic mass is 16.5. The molecule has 0 bridgehead atoms. The predicted octanol–water partition coefficient (Wildman–Crippen LogP) is 0.958. The van der Waals surface area contributed by atoms with Gasteiger partial charge in [0.2, 0.25) is 5.95 Å². The van der Waals surface area contributed by atoms with Gasteiger partial charge in [0.1, 0.15) is 5.82 Å². The van der Waals surface area contributed by atoms with Gasteiger partial charge >= 0.3 is 0 Å². The number of nitrogens with two attached hydrogens (primary N) is 1. The molecule has 5 heteroatoms. The van der Waals surface area contributed by atoms with Crippen LogP contribution in [0.5, 0.6) is 0 Å². The number of nitrogens with one attached hydrogen (secondary N) is 1. The summed E-state index contributed by atoms with van der Waals surface area (Å²) in [5.74, 6) is 1.10. The molecule has 5 nitrogen and oxygen atoms in total. The molecule has 15 heavy (non-hydrogen) atoms. The number of rotatable bonds is 2. The topological polar surface area (TPSA) is 73.1 Å². The molecular weight excluding hydrogens is 192 g/mol. The number of ether oxygens (including phenoxy) is 1. The standard InChI is InChI=1S/C10H16N4O/c1-7-5-12-9(11)13-8(7)14-10(2)3-4-15-6-10/h5H,3-4,6H2,1-2H3,(H3,11,12,13,14). The Morgan fingerprint density at radius 3 is 3.07 bits per heavy atom. The number of anilines is 2. The Balaban J connectivity index is 2.19. The maximum absolute atomic E-state index is 5.55. The molecule has 0 spiro atoms. The minimum atomic E-state index is -0.0362. The van der Waals surface area contributed by atoms with Crippen molar-refractivity contribution in [3.8, 4) is 0 Å². The van der Waals surface area contributed by atoms with Crippen LogP contribution in [0.15, 0.2) is 6.20 Å². The number of aryl methyl sites for hydroxylation is 1. The minimum absolute atomic E-state index is 0.0362. The first-order valence-corrected chi connectivity index (χ1v) is 5.04. The summed E-state index contributed by atoms with van der Waals surface area (Å²) in [5.41, 5.74) is 6.51. The third-order valence-electron chi connectivity index (χ3n) is 2.63. The van der Waals surface area contributed by atoms with Crippen molar-refractivity contribution >= 4 is 11.8 Å². The van der Waals surface area contributed by atoms with E-state index < -0.39 is 0 Å². The van der Waals surface area contributed by atoms with Crippen LogP contribution >= 0.6 is 0 Å². The van der Waals surface area contributed by atoms with Crippen molar-refractivity contribution in [3.63, 3.8) is 0 Å². The molecule has 1 aromatic heterocycles. The average Bonchev–Trinajstić information content (AvgIpc) is 2.59.